The van der Waals surface area contributed by atoms with Crippen LogP contribution in [0, 0.1) is 12.8 Å². The number of hydrogen-bond acceptors (Lipinski definition) is 2. The second-order valence-electron chi connectivity index (χ2n) is 4.05. The summed E-state index contributed by atoms with van der Waals surface area (Å²) >= 11 is 0. The van der Waals surface area contributed by atoms with E-state index in [1.807, 2.05) is 31.2 Å². The van der Waals surface area contributed by atoms with Gasteiger partial charge in [0, 0.05) is 12.2 Å². The summed E-state index contributed by atoms with van der Waals surface area (Å²) in [6, 6.07) is 7.89. The van der Waals surface area contributed by atoms with Crippen LogP contribution in [0.25, 0.3) is 0 Å². The van der Waals surface area contributed by atoms with Crippen molar-refractivity contribution in [2.45, 2.75) is 13.3 Å². The minimum Gasteiger partial charge on any atom is -0.326 e. The van der Waals surface area contributed by atoms with Crippen LogP contribution < -0.4 is 10.6 Å². The number of hydrogen-bond donors (Lipinski definition) is 2. The summed E-state index contributed by atoms with van der Waals surface area (Å²) in [5.41, 5.74) is 2.06. The molecule has 1 fully saturated rings. The third-order valence-electron chi connectivity index (χ3n) is 2.72. The second-order valence-corrected chi connectivity index (χ2v) is 4.05. The normalized spacial score (nSPS) is 18.9. The highest BCUT2D eigenvalue weighted by molar-refractivity contribution is 5.92. The van der Waals surface area contributed by atoms with Gasteiger partial charge in [-0.25, -0.2) is 0 Å². The lowest BCUT2D eigenvalue weighted by Crippen LogP contribution is -2.24. The molecule has 1 aliphatic heterocycles. The number of aryl methyl sites for hydroxylation is 1. The highest BCUT2D eigenvalue weighted by Gasteiger charge is 2.22. The molecule has 2 N–H and O–H groups in total. The van der Waals surface area contributed by atoms with E-state index in [0.29, 0.717) is 0 Å². The molecule has 1 aliphatic rings. The van der Waals surface area contributed by atoms with Crippen molar-refractivity contribution in [1.29, 1.82) is 0 Å². The summed E-state index contributed by atoms with van der Waals surface area (Å²) in [5.74, 6) is 0.260. The minimum atomic E-state index is 0. The number of anilines is 1. The molecule has 4 heteroatoms. The monoisotopic (exact) mass is 240 g/mol. The van der Waals surface area contributed by atoms with Gasteiger partial charge >= 0.3 is 0 Å². The molecule has 0 aliphatic carbocycles. The molecule has 88 valence electrons. The molecular weight excluding hydrogens is 224 g/mol. The van der Waals surface area contributed by atoms with Gasteiger partial charge in [0.15, 0.2) is 0 Å². The maximum atomic E-state index is 11.8. The van der Waals surface area contributed by atoms with Gasteiger partial charge in [-0.05, 0) is 37.6 Å². The van der Waals surface area contributed by atoms with Crippen molar-refractivity contribution in [2.24, 2.45) is 5.92 Å². The first-order chi connectivity index (χ1) is 7.25. The van der Waals surface area contributed by atoms with Gasteiger partial charge in [-0.2, -0.15) is 0 Å². The zero-order valence-corrected chi connectivity index (χ0v) is 10.1. The zero-order valence-electron chi connectivity index (χ0n) is 9.32. The van der Waals surface area contributed by atoms with Gasteiger partial charge in [0.25, 0.3) is 0 Å². The van der Waals surface area contributed by atoms with Crippen LogP contribution in [-0.2, 0) is 4.79 Å². The van der Waals surface area contributed by atoms with Crippen molar-refractivity contribution in [3.63, 3.8) is 0 Å². The molecule has 1 aromatic rings. The van der Waals surface area contributed by atoms with E-state index >= 15 is 0 Å². The van der Waals surface area contributed by atoms with Crippen molar-refractivity contribution in [1.82, 2.24) is 5.32 Å². The van der Waals surface area contributed by atoms with Gasteiger partial charge in [0.05, 0.1) is 5.92 Å². The molecular formula is C12H17ClN2O. The first-order valence-corrected chi connectivity index (χ1v) is 5.34. The first kappa shape index (κ1) is 13.0. The van der Waals surface area contributed by atoms with E-state index in [2.05, 4.69) is 10.6 Å². The molecule has 0 spiro atoms. The minimum absolute atomic E-state index is 0. The Hall–Kier alpha value is -1.06. The van der Waals surface area contributed by atoms with E-state index in [1.54, 1.807) is 0 Å². The van der Waals surface area contributed by atoms with Crippen molar-refractivity contribution in [3.8, 4) is 0 Å². The molecule has 16 heavy (non-hydrogen) atoms. The summed E-state index contributed by atoms with van der Waals surface area (Å²) in [5, 5.41) is 6.14. The number of carbonyl (C=O) groups excluding carboxylic acids is 1. The number of carbonyl (C=O) groups is 1. The van der Waals surface area contributed by atoms with Crippen LogP contribution >= 0.6 is 12.4 Å². The van der Waals surface area contributed by atoms with Crippen LogP contribution in [0.4, 0.5) is 5.69 Å². The Bertz CT molecular complexity index is 362. The molecule has 3 nitrogen and oxygen atoms in total. The van der Waals surface area contributed by atoms with Crippen molar-refractivity contribution in [3.05, 3.63) is 29.8 Å². The molecule has 1 unspecified atom stereocenters. The molecule has 0 radical (unpaired) electrons. The lowest BCUT2D eigenvalue weighted by Gasteiger charge is -2.10. The fraction of sp³-hybridized carbons (Fsp3) is 0.417. The number of halogens is 1. The van der Waals surface area contributed by atoms with Crippen LogP contribution in [0.15, 0.2) is 24.3 Å². The quantitative estimate of drug-likeness (QED) is 0.830. The average Bonchev–Trinajstić information content (AvgIpc) is 2.70. The maximum absolute atomic E-state index is 11.8. The summed E-state index contributed by atoms with van der Waals surface area (Å²) < 4.78 is 0. The smallest absolute Gasteiger partial charge is 0.228 e. The van der Waals surface area contributed by atoms with Crippen LogP contribution in [0.1, 0.15) is 12.0 Å². The van der Waals surface area contributed by atoms with E-state index in [1.165, 1.54) is 0 Å². The van der Waals surface area contributed by atoms with E-state index < -0.39 is 0 Å². The Morgan fingerprint density at radius 1 is 1.50 bits per heavy atom. The third-order valence-corrected chi connectivity index (χ3v) is 2.72. The Kier molecular flexibility index (Phi) is 4.77. The molecule has 1 atom stereocenters. The van der Waals surface area contributed by atoms with E-state index in [0.717, 1.165) is 30.8 Å². The molecule has 1 amide bonds. The second kappa shape index (κ2) is 5.87. The van der Waals surface area contributed by atoms with Crippen molar-refractivity contribution in [2.75, 3.05) is 18.4 Å². The fourth-order valence-electron chi connectivity index (χ4n) is 1.85. The molecule has 0 saturated carbocycles. The molecule has 2 rings (SSSR count). The van der Waals surface area contributed by atoms with Gasteiger partial charge in [0.1, 0.15) is 0 Å². The van der Waals surface area contributed by atoms with Crippen LogP contribution in [0.2, 0.25) is 0 Å². The van der Waals surface area contributed by atoms with Gasteiger partial charge < -0.3 is 10.6 Å². The van der Waals surface area contributed by atoms with Gasteiger partial charge in [-0.1, -0.05) is 12.1 Å². The SMILES string of the molecule is Cc1cccc(NC(=O)C2CCNC2)c1.Cl. The summed E-state index contributed by atoms with van der Waals surface area (Å²) in [6.45, 7) is 3.77. The average molecular weight is 241 g/mol. The number of nitrogens with one attached hydrogen (secondary N) is 2. The fourth-order valence-corrected chi connectivity index (χ4v) is 1.85. The lowest BCUT2D eigenvalue weighted by atomic mass is 10.1. The maximum Gasteiger partial charge on any atom is 0.228 e. The van der Waals surface area contributed by atoms with E-state index in [-0.39, 0.29) is 24.2 Å². The number of amides is 1. The molecule has 1 aromatic carbocycles. The van der Waals surface area contributed by atoms with E-state index in [4.69, 9.17) is 0 Å². The van der Waals surface area contributed by atoms with Crippen LogP contribution in [0.3, 0.4) is 0 Å². The predicted octanol–water partition coefficient (Wildman–Crippen LogP) is 1.96. The topological polar surface area (TPSA) is 41.1 Å². The molecule has 1 saturated heterocycles. The predicted molar refractivity (Wildman–Crippen MR) is 68.0 cm³/mol. The van der Waals surface area contributed by atoms with Crippen LogP contribution in [-0.4, -0.2) is 19.0 Å². The van der Waals surface area contributed by atoms with Crippen molar-refractivity contribution >= 4 is 24.0 Å². The summed E-state index contributed by atoms with van der Waals surface area (Å²) in [6.07, 6.45) is 0.942. The standard InChI is InChI=1S/C12H16N2O.ClH/c1-9-3-2-4-11(7-9)14-12(15)10-5-6-13-8-10;/h2-4,7,10,13H,5-6,8H2,1H3,(H,14,15);1H. The van der Waals surface area contributed by atoms with Crippen LogP contribution in [0.5, 0.6) is 0 Å². The number of rotatable bonds is 2. The van der Waals surface area contributed by atoms with Gasteiger partial charge in [-0.3, -0.25) is 4.79 Å². The molecule has 0 aromatic heterocycles. The van der Waals surface area contributed by atoms with Gasteiger partial charge in [0.2, 0.25) is 5.91 Å². The zero-order chi connectivity index (χ0) is 10.7. The highest BCUT2D eigenvalue weighted by atomic mass is 35.5. The molecule has 0 bridgehead atoms. The summed E-state index contributed by atoms with van der Waals surface area (Å²) in [7, 11) is 0. The Morgan fingerprint density at radius 2 is 2.31 bits per heavy atom. The van der Waals surface area contributed by atoms with Gasteiger partial charge in [-0.15, -0.1) is 12.4 Å². The Labute approximate surface area is 102 Å². The third kappa shape index (κ3) is 3.22. The first-order valence-electron chi connectivity index (χ1n) is 5.34. The highest BCUT2D eigenvalue weighted by Crippen LogP contribution is 2.14. The lowest BCUT2D eigenvalue weighted by molar-refractivity contribution is -0.119. The Morgan fingerprint density at radius 3 is 2.94 bits per heavy atom. The van der Waals surface area contributed by atoms with E-state index in [9.17, 15) is 4.79 Å². The van der Waals surface area contributed by atoms with Crippen molar-refractivity contribution < 1.29 is 4.79 Å². The largest absolute Gasteiger partial charge is 0.326 e. The molecule has 1 heterocycles. The Balaban J connectivity index is 0.00000128. The number of benzene rings is 1. The summed E-state index contributed by atoms with van der Waals surface area (Å²) in [4.78, 5) is 11.8.